The van der Waals surface area contributed by atoms with Crippen LogP contribution < -0.4 is 5.32 Å². The summed E-state index contributed by atoms with van der Waals surface area (Å²) in [5.74, 6) is 0. The van der Waals surface area contributed by atoms with Gasteiger partial charge in [0.25, 0.3) is 0 Å². The third-order valence-electron chi connectivity index (χ3n) is 0.916. The molecule has 11 heavy (non-hydrogen) atoms. The normalized spacial score (nSPS) is 10.9. The van der Waals surface area contributed by atoms with Gasteiger partial charge in [-0.2, -0.15) is 0 Å². The largest absolute Gasteiger partial charge is 0.344 e. The van der Waals surface area contributed by atoms with E-state index >= 15 is 0 Å². The minimum Gasteiger partial charge on any atom is -0.339 e. The second-order valence-electron chi connectivity index (χ2n) is 1.64. The molecule has 64 valence electrons. The highest BCUT2D eigenvalue weighted by atomic mass is 16.7. The Morgan fingerprint density at radius 3 is 2.45 bits per heavy atom. The SMILES string of the molecule is CC=NC(=O)NC(OC)OC. The van der Waals surface area contributed by atoms with E-state index in [0.29, 0.717) is 0 Å². The number of nitrogens with one attached hydrogen (secondary N) is 1. The molecule has 0 saturated carbocycles. The van der Waals surface area contributed by atoms with E-state index in [4.69, 9.17) is 0 Å². The summed E-state index contributed by atoms with van der Waals surface area (Å²) in [5, 5.41) is 2.34. The van der Waals surface area contributed by atoms with E-state index in [-0.39, 0.29) is 0 Å². The molecule has 0 heterocycles. The smallest absolute Gasteiger partial charge is 0.339 e. The van der Waals surface area contributed by atoms with Gasteiger partial charge in [-0.15, -0.1) is 0 Å². The van der Waals surface area contributed by atoms with Crippen molar-refractivity contribution >= 4 is 12.2 Å². The monoisotopic (exact) mass is 160 g/mol. The van der Waals surface area contributed by atoms with Crippen molar-refractivity contribution in [2.24, 2.45) is 4.99 Å². The summed E-state index contributed by atoms with van der Waals surface area (Å²) < 4.78 is 9.38. The van der Waals surface area contributed by atoms with Gasteiger partial charge in [0.2, 0.25) is 6.41 Å². The van der Waals surface area contributed by atoms with E-state index in [1.807, 2.05) is 0 Å². The van der Waals surface area contributed by atoms with Gasteiger partial charge in [-0.1, -0.05) is 0 Å². The summed E-state index contributed by atoms with van der Waals surface area (Å²) >= 11 is 0. The molecule has 0 rings (SSSR count). The third kappa shape index (κ3) is 4.46. The summed E-state index contributed by atoms with van der Waals surface area (Å²) in [7, 11) is 2.84. The maximum absolute atomic E-state index is 10.7. The van der Waals surface area contributed by atoms with Crippen LogP contribution in [0.2, 0.25) is 0 Å². The first kappa shape index (κ1) is 10.1. The lowest BCUT2D eigenvalue weighted by atomic mass is 10.8. The highest BCUT2D eigenvalue weighted by Crippen LogP contribution is 1.85. The van der Waals surface area contributed by atoms with Gasteiger partial charge in [0.1, 0.15) is 0 Å². The highest BCUT2D eigenvalue weighted by Gasteiger charge is 2.06. The maximum atomic E-state index is 10.7. The zero-order valence-corrected chi connectivity index (χ0v) is 6.83. The van der Waals surface area contributed by atoms with Crippen LogP contribution in [0.15, 0.2) is 4.99 Å². The quantitative estimate of drug-likeness (QED) is 0.479. The first-order valence-electron chi connectivity index (χ1n) is 3.09. The molecule has 0 saturated heterocycles. The van der Waals surface area contributed by atoms with E-state index < -0.39 is 12.4 Å². The highest BCUT2D eigenvalue weighted by molar-refractivity contribution is 5.82. The second-order valence-corrected chi connectivity index (χ2v) is 1.64. The molecule has 0 aromatic rings. The Hall–Kier alpha value is -0.940. The molecule has 0 fully saturated rings. The number of nitrogens with zero attached hydrogens (tertiary/aromatic N) is 1. The number of rotatable bonds is 3. The van der Waals surface area contributed by atoms with Gasteiger partial charge < -0.3 is 9.47 Å². The van der Waals surface area contributed by atoms with Crippen LogP contribution in [0.4, 0.5) is 4.79 Å². The minimum atomic E-state index is -0.730. The molecular formula is C6H12N2O3. The molecule has 0 bridgehead atoms. The average Bonchev–Trinajstić information content (AvgIpc) is 2.01. The topological polar surface area (TPSA) is 59.9 Å². The molecule has 2 amide bonds. The summed E-state index contributed by atoms with van der Waals surface area (Å²) in [5.41, 5.74) is 0. The number of amides is 2. The van der Waals surface area contributed by atoms with Crippen LogP contribution in [-0.4, -0.2) is 32.9 Å². The lowest BCUT2D eigenvalue weighted by Crippen LogP contribution is -2.35. The number of hydrogen-bond acceptors (Lipinski definition) is 3. The number of carbonyl (C=O) groups excluding carboxylic acids is 1. The molecule has 1 N–H and O–H groups in total. The first-order chi connectivity index (χ1) is 5.24. The van der Waals surface area contributed by atoms with E-state index in [1.165, 1.54) is 20.4 Å². The van der Waals surface area contributed by atoms with Crippen LogP contribution >= 0.6 is 0 Å². The molecule has 0 aliphatic rings. The Morgan fingerprint density at radius 1 is 1.55 bits per heavy atom. The molecule has 0 aliphatic heterocycles. The van der Waals surface area contributed by atoms with Gasteiger partial charge >= 0.3 is 6.03 Å². The van der Waals surface area contributed by atoms with Gasteiger partial charge in [0, 0.05) is 20.4 Å². The fourth-order valence-corrected chi connectivity index (χ4v) is 0.469. The maximum Gasteiger partial charge on any atom is 0.344 e. The van der Waals surface area contributed by atoms with Crippen molar-refractivity contribution in [3.63, 3.8) is 0 Å². The second kappa shape index (κ2) is 5.82. The van der Waals surface area contributed by atoms with Crippen molar-refractivity contribution in [2.45, 2.75) is 13.3 Å². The van der Waals surface area contributed by atoms with Crippen LogP contribution in [0.5, 0.6) is 0 Å². The van der Waals surface area contributed by atoms with Crippen molar-refractivity contribution in [3.05, 3.63) is 0 Å². The van der Waals surface area contributed by atoms with E-state index in [0.717, 1.165) is 0 Å². The number of carbonyl (C=O) groups is 1. The number of aliphatic imine (C=N–C) groups is 1. The minimum absolute atomic E-state index is 0.485. The van der Waals surface area contributed by atoms with Crippen molar-refractivity contribution in [1.82, 2.24) is 5.32 Å². The Labute approximate surface area is 65.4 Å². The van der Waals surface area contributed by atoms with Gasteiger partial charge in [0.05, 0.1) is 0 Å². The lowest BCUT2D eigenvalue weighted by Gasteiger charge is -2.12. The Balaban J connectivity index is 3.71. The van der Waals surface area contributed by atoms with Gasteiger partial charge in [-0.3, -0.25) is 5.32 Å². The molecule has 0 aromatic carbocycles. The molecular weight excluding hydrogens is 148 g/mol. The predicted molar refractivity (Wildman–Crippen MR) is 40.5 cm³/mol. The fourth-order valence-electron chi connectivity index (χ4n) is 0.469. The van der Waals surface area contributed by atoms with Gasteiger partial charge in [-0.25, -0.2) is 9.79 Å². The first-order valence-corrected chi connectivity index (χ1v) is 3.09. The van der Waals surface area contributed by atoms with E-state index in [1.54, 1.807) is 6.92 Å². The van der Waals surface area contributed by atoms with Crippen molar-refractivity contribution < 1.29 is 14.3 Å². The molecule has 5 heteroatoms. The van der Waals surface area contributed by atoms with Gasteiger partial charge in [-0.05, 0) is 6.92 Å². The summed E-state index contributed by atoms with van der Waals surface area (Å²) in [6, 6.07) is -0.485. The number of ether oxygens (including phenoxy) is 2. The molecule has 0 radical (unpaired) electrons. The number of hydrogen-bond donors (Lipinski definition) is 1. The van der Waals surface area contributed by atoms with Crippen LogP contribution in [0, 0.1) is 0 Å². The molecule has 0 unspecified atom stereocenters. The molecule has 0 aliphatic carbocycles. The zero-order chi connectivity index (χ0) is 8.69. The Bertz CT molecular complexity index is 143. The lowest BCUT2D eigenvalue weighted by molar-refractivity contribution is -0.114. The molecule has 0 atom stereocenters. The molecule has 5 nitrogen and oxygen atoms in total. The molecule has 0 spiro atoms. The van der Waals surface area contributed by atoms with Crippen molar-refractivity contribution in [1.29, 1.82) is 0 Å². The zero-order valence-electron chi connectivity index (χ0n) is 6.83. The standard InChI is InChI=1S/C6H12N2O3/c1-4-7-5(9)8-6(10-2)11-3/h4,6H,1-3H3,(H,8,9). The van der Waals surface area contributed by atoms with Crippen LogP contribution in [0.25, 0.3) is 0 Å². The van der Waals surface area contributed by atoms with Crippen LogP contribution in [0.1, 0.15) is 6.92 Å². The van der Waals surface area contributed by atoms with E-state index in [2.05, 4.69) is 19.8 Å². The number of methoxy groups -OCH3 is 2. The number of urea groups is 1. The predicted octanol–water partition coefficient (Wildman–Crippen LogP) is 0.363. The van der Waals surface area contributed by atoms with Gasteiger partial charge in [0.15, 0.2) is 0 Å². The Morgan fingerprint density at radius 2 is 2.09 bits per heavy atom. The molecule has 0 aromatic heterocycles. The summed E-state index contributed by atoms with van der Waals surface area (Å²) in [6.07, 6.45) is 0.656. The van der Waals surface area contributed by atoms with Crippen LogP contribution in [0.3, 0.4) is 0 Å². The third-order valence-corrected chi connectivity index (χ3v) is 0.916. The summed E-state index contributed by atoms with van der Waals surface area (Å²) in [4.78, 5) is 14.1. The summed E-state index contributed by atoms with van der Waals surface area (Å²) in [6.45, 7) is 1.65. The van der Waals surface area contributed by atoms with Crippen molar-refractivity contribution in [2.75, 3.05) is 14.2 Å². The Kier molecular flexibility index (Phi) is 5.32. The average molecular weight is 160 g/mol. The van der Waals surface area contributed by atoms with Crippen LogP contribution in [-0.2, 0) is 9.47 Å². The van der Waals surface area contributed by atoms with Crippen molar-refractivity contribution in [3.8, 4) is 0 Å². The van der Waals surface area contributed by atoms with E-state index in [9.17, 15) is 4.79 Å². The fraction of sp³-hybridized carbons (Fsp3) is 0.667.